The molecule has 0 N–H and O–H groups in total. The van der Waals surface area contributed by atoms with Crippen molar-refractivity contribution in [3.63, 3.8) is 0 Å². The van der Waals surface area contributed by atoms with Gasteiger partial charge in [0.15, 0.2) is 0 Å². The average molecular weight is 189 g/mol. The highest BCUT2D eigenvalue weighted by Crippen LogP contribution is 2.31. The summed E-state index contributed by atoms with van der Waals surface area (Å²) >= 11 is 0. The molecule has 74 valence electrons. The van der Waals surface area contributed by atoms with E-state index in [-0.39, 0.29) is 0 Å². The van der Waals surface area contributed by atoms with E-state index in [0.29, 0.717) is 6.04 Å². The second-order valence-corrected chi connectivity index (χ2v) is 3.85. The third-order valence-electron chi connectivity index (χ3n) is 2.94. The minimum Gasteiger partial charge on any atom is -0.369 e. The Hall–Kier alpha value is -1.31. The highest BCUT2D eigenvalue weighted by Gasteiger charge is 2.24. The summed E-state index contributed by atoms with van der Waals surface area (Å²) in [5.74, 6) is 0. The van der Waals surface area contributed by atoms with Crippen LogP contribution in [0.15, 0.2) is 18.2 Å². The molecule has 0 aromatic heterocycles. The predicted molar refractivity (Wildman–Crippen MR) is 58.0 cm³/mol. The maximum Gasteiger partial charge on any atom is 0.150 e. The number of rotatable bonds is 2. The molecular weight excluding hydrogens is 174 g/mol. The van der Waals surface area contributed by atoms with Crippen molar-refractivity contribution < 1.29 is 4.79 Å². The quantitative estimate of drug-likeness (QED) is 0.665. The van der Waals surface area contributed by atoms with Gasteiger partial charge in [-0.15, -0.1) is 0 Å². The lowest BCUT2D eigenvalue weighted by Gasteiger charge is -2.22. The number of hydrogen-bond acceptors (Lipinski definition) is 2. The fraction of sp³-hybridized carbons (Fsp3) is 0.417. The zero-order valence-electron chi connectivity index (χ0n) is 8.66. The first-order valence-electron chi connectivity index (χ1n) is 5.11. The molecule has 2 nitrogen and oxygen atoms in total. The third kappa shape index (κ3) is 1.31. The van der Waals surface area contributed by atoms with E-state index in [9.17, 15) is 4.79 Å². The van der Waals surface area contributed by atoms with Crippen LogP contribution in [0, 0.1) is 0 Å². The lowest BCUT2D eigenvalue weighted by molar-refractivity contribution is 0.112. The molecule has 14 heavy (non-hydrogen) atoms. The van der Waals surface area contributed by atoms with Crippen molar-refractivity contribution in [2.45, 2.75) is 26.3 Å². The van der Waals surface area contributed by atoms with E-state index in [1.54, 1.807) is 0 Å². The molecule has 0 radical (unpaired) electrons. The van der Waals surface area contributed by atoms with Gasteiger partial charge >= 0.3 is 0 Å². The van der Waals surface area contributed by atoms with Crippen molar-refractivity contribution in [3.05, 3.63) is 29.3 Å². The van der Waals surface area contributed by atoms with Gasteiger partial charge in [-0.05, 0) is 44.0 Å². The topological polar surface area (TPSA) is 20.3 Å². The Labute approximate surface area is 84.5 Å². The Morgan fingerprint density at radius 1 is 1.57 bits per heavy atom. The summed E-state index contributed by atoms with van der Waals surface area (Å²) in [6, 6.07) is 6.53. The highest BCUT2D eigenvalue weighted by molar-refractivity contribution is 5.77. The van der Waals surface area contributed by atoms with Gasteiger partial charge in [0.05, 0.1) is 0 Å². The Kier molecular flexibility index (Phi) is 2.28. The standard InChI is InChI=1S/C12H15NO/c1-3-13-9(2)6-11-7-10(8-14)4-5-12(11)13/h4-5,7-9H,3,6H2,1-2H3/t9-/m1/s1. The summed E-state index contributed by atoms with van der Waals surface area (Å²) < 4.78 is 0. The normalized spacial score (nSPS) is 19.6. The van der Waals surface area contributed by atoms with Crippen LogP contribution in [-0.4, -0.2) is 18.9 Å². The lowest BCUT2D eigenvalue weighted by atomic mass is 10.1. The van der Waals surface area contributed by atoms with Gasteiger partial charge in [-0.25, -0.2) is 0 Å². The van der Waals surface area contributed by atoms with Gasteiger partial charge in [0.1, 0.15) is 6.29 Å². The van der Waals surface area contributed by atoms with Crippen LogP contribution < -0.4 is 4.90 Å². The number of aldehydes is 1. The molecule has 2 rings (SSSR count). The van der Waals surface area contributed by atoms with Crippen molar-refractivity contribution in [2.24, 2.45) is 0 Å². The van der Waals surface area contributed by atoms with Crippen molar-refractivity contribution >= 4 is 12.0 Å². The lowest BCUT2D eigenvalue weighted by Crippen LogP contribution is -2.28. The van der Waals surface area contributed by atoms with Gasteiger partial charge in [-0.3, -0.25) is 4.79 Å². The van der Waals surface area contributed by atoms with Crippen molar-refractivity contribution in [1.29, 1.82) is 0 Å². The summed E-state index contributed by atoms with van der Waals surface area (Å²) in [6.45, 7) is 5.43. The predicted octanol–water partition coefficient (Wildman–Crippen LogP) is 2.27. The fourth-order valence-electron chi connectivity index (χ4n) is 2.27. The molecule has 0 amide bonds. The molecule has 0 unspecified atom stereocenters. The van der Waals surface area contributed by atoms with Gasteiger partial charge in [0.25, 0.3) is 0 Å². The first-order chi connectivity index (χ1) is 6.76. The molecule has 1 aliphatic heterocycles. The number of likely N-dealkylation sites (N-methyl/N-ethyl adjacent to an activating group) is 1. The number of fused-ring (bicyclic) bond motifs is 1. The van der Waals surface area contributed by atoms with Crippen molar-refractivity contribution in [1.82, 2.24) is 0 Å². The smallest absolute Gasteiger partial charge is 0.150 e. The van der Waals surface area contributed by atoms with Gasteiger partial charge in [-0.2, -0.15) is 0 Å². The van der Waals surface area contributed by atoms with E-state index in [1.165, 1.54) is 11.3 Å². The Morgan fingerprint density at radius 3 is 3.00 bits per heavy atom. The van der Waals surface area contributed by atoms with Crippen LogP contribution in [0.2, 0.25) is 0 Å². The molecule has 0 aliphatic carbocycles. The minimum atomic E-state index is 0.567. The molecule has 0 saturated carbocycles. The maximum atomic E-state index is 10.6. The van der Waals surface area contributed by atoms with E-state index >= 15 is 0 Å². The third-order valence-corrected chi connectivity index (χ3v) is 2.94. The molecule has 1 aromatic carbocycles. The van der Waals surface area contributed by atoms with E-state index in [1.807, 2.05) is 12.1 Å². The highest BCUT2D eigenvalue weighted by atomic mass is 16.1. The number of carbonyl (C=O) groups is 1. The van der Waals surface area contributed by atoms with E-state index < -0.39 is 0 Å². The molecule has 0 fully saturated rings. The van der Waals surface area contributed by atoms with Crippen LogP contribution in [-0.2, 0) is 6.42 Å². The summed E-state index contributed by atoms with van der Waals surface area (Å²) in [5.41, 5.74) is 3.39. The second kappa shape index (κ2) is 3.45. The molecule has 0 saturated heterocycles. The van der Waals surface area contributed by atoms with Crippen LogP contribution in [0.4, 0.5) is 5.69 Å². The maximum absolute atomic E-state index is 10.6. The van der Waals surface area contributed by atoms with Gasteiger partial charge < -0.3 is 4.90 Å². The van der Waals surface area contributed by atoms with Crippen LogP contribution in [0.5, 0.6) is 0 Å². The number of benzene rings is 1. The number of nitrogens with zero attached hydrogens (tertiary/aromatic N) is 1. The molecule has 0 spiro atoms. The van der Waals surface area contributed by atoms with Crippen LogP contribution in [0.3, 0.4) is 0 Å². The molecule has 1 heterocycles. The zero-order chi connectivity index (χ0) is 10.1. The van der Waals surface area contributed by atoms with E-state index in [2.05, 4.69) is 24.8 Å². The first-order valence-corrected chi connectivity index (χ1v) is 5.11. The van der Waals surface area contributed by atoms with E-state index in [0.717, 1.165) is 24.8 Å². The molecule has 1 aliphatic rings. The van der Waals surface area contributed by atoms with Gasteiger partial charge in [0, 0.05) is 23.8 Å². The summed E-state index contributed by atoms with van der Waals surface area (Å²) in [7, 11) is 0. The number of anilines is 1. The zero-order valence-corrected chi connectivity index (χ0v) is 8.66. The largest absolute Gasteiger partial charge is 0.369 e. The number of hydrogen-bond donors (Lipinski definition) is 0. The van der Waals surface area contributed by atoms with E-state index in [4.69, 9.17) is 0 Å². The van der Waals surface area contributed by atoms with Gasteiger partial charge in [0.2, 0.25) is 0 Å². The van der Waals surface area contributed by atoms with Gasteiger partial charge in [-0.1, -0.05) is 0 Å². The van der Waals surface area contributed by atoms with Crippen molar-refractivity contribution in [2.75, 3.05) is 11.4 Å². The monoisotopic (exact) mass is 189 g/mol. The molecule has 0 bridgehead atoms. The summed E-state index contributed by atoms with van der Waals surface area (Å²) in [4.78, 5) is 13.0. The average Bonchev–Trinajstić information content (AvgIpc) is 2.51. The van der Waals surface area contributed by atoms with Crippen LogP contribution in [0.1, 0.15) is 29.8 Å². The Bertz CT molecular complexity index is 359. The molecule has 2 heteroatoms. The Morgan fingerprint density at radius 2 is 2.36 bits per heavy atom. The van der Waals surface area contributed by atoms with Crippen molar-refractivity contribution in [3.8, 4) is 0 Å². The molecule has 1 atom stereocenters. The second-order valence-electron chi connectivity index (χ2n) is 3.85. The SMILES string of the molecule is CCN1c2ccc(C=O)cc2C[C@H]1C. The summed E-state index contributed by atoms with van der Waals surface area (Å²) in [5, 5.41) is 0. The first kappa shape index (κ1) is 9.25. The van der Waals surface area contributed by atoms with Crippen LogP contribution >= 0.6 is 0 Å². The number of carbonyl (C=O) groups excluding carboxylic acids is 1. The Balaban J connectivity index is 2.42. The molecule has 1 aromatic rings. The fourth-order valence-corrected chi connectivity index (χ4v) is 2.27. The minimum absolute atomic E-state index is 0.567. The summed E-state index contributed by atoms with van der Waals surface area (Å²) in [6.07, 6.45) is 1.98. The van der Waals surface area contributed by atoms with Crippen LogP contribution in [0.25, 0.3) is 0 Å². The molecular formula is C12H15NO.